The normalized spacial score (nSPS) is 15.9. The second kappa shape index (κ2) is 7.88. The molecule has 0 radical (unpaired) electrons. The van der Waals surface area contributed by atoms with Crippen LogP contribution in [0.1, 0.15) is 30.1 Å². The van der Waals surface area contributed by atoms with E-state index in [4.69, 9.17) is 0 Å². The number of benzene rings is 1. The minimum Gasteiger partial charge on any atom is -0.354 e. The number of nitrogens with zero attached hydrogens (tertiary/aromatic N) is 3. The standard InChI is InChI=1S/C21H23FN4O/c22-17-8-9-20-24-18(15-26(20)14-17)12-21(27)23-13-19(25-10-4-5-11-25)16-6-2-1-3-7-16/h1-3,6-9,14-15,19H,4-5,10-13H2,(H,23,27). The van der Waals surface area contributed by atoms with E-state index in [-0.39, 0.29) is 24.2 Å². The highest BCUT2D eigenvalue weighted by Crippen LogP contribution is 2.24. The number of rotatable bonds is 6. The summed E-state index contributed by atoms with van der Waals surface area (Å²) in [4.78, 5) is 19.3. The fourth-order valence-corrected chi connectivity index (χ4v) is 3.73. The van der Waals surface area contributed by atoms with Crippen LogP contribution < -0.4 is 5.32 Å². The molecule has 1 amide bonds. The molecule has 1 atom stereocenters. The number of fused-ring (bicyclic) bond motifs is 1. The van der Waals surface area contributed by atoms with Gasteiger partial charge in [0.15, 0.2) is 0 Å². The van der Waals surface area contributed by atoms with Crippen molar-refractivity contribution in [1.29, 1.82) is 0 Å². The van der Waals surface area contributed by atoms with Crippen LogP contribution in [0.5, 0.6) is 0 Å². The Balaban J connectivity index is 1.41. The third kappa shape index (κ3) is 4.17. The average molecular weight is 366 g/mol. The zero-order chi connectivity index (χ0) is 18.6. The van der Waals surface area contributed by atoms with Crippen molar-refractivity contribution in [3.8, 4) is 0 Å². The molecule has 1 fully saturated rings. The third-order valence-corrected chi connectivity index (χ3v) is 5.06. The molecule has 140 valence electrons. The van der Waals surface area contributed by atoms with E-state index < -0.39 is 0 Å². The van der Waals surface area contributed by atoms with Crippen LogP contribution >= 0.6 is 0 Å². The predicted molar refractivity (Wildman–Crippen MR) is 102 cm³/mol. The number of carbonyl (C=O) groups excluding carboxylic acids is 1. The number of hydrogen-bond donors (Lipinski definition) is 1. The van der Waals surface area contributed by atoms with Gasteiger partial charge in [-0.05, 0) is 43.6 Å². The van der Waals surface area contributed by atoms with Crippen molar-refractivity contribution in [3.63, 3.8) is 0 Å². The maximum absolute atomic E-state index is 13.3. The highest BCUT2D eigenvalue weighted by molar-refractivity contribution is 5.78. The highest BCUT2D eigenvalue weighted by Gasteiger charge is 2.23. The largest absolute Gasteiger partial charge is 0.354 e. The van der Waals surface area contributed by atoms with Gasteiger partial charge in [0.2, 0.25) is 5.91 Å². The van der Waals surface area contributed by atoms with E-state index in [1.807, 2.05) is 18.2 Å². The summed E-state index contributed by atoms with van der Waals surface area (Å²) in [7, 11) is 0. The van der Waals surface area contributed by atoms with Crippen molar-refractivity contribution in [1.82, 2.24) is 19.6 Å². The van der Waals surface area contributed by atoms with E-state index in [9.17, 15) is 9.18 Å². The van der Waals surface area contributed by atoms with Crippen LogP contribution in [0, 0.1) is 5.82 Å². The Labute approximate surface area is 157 Å². The van der Waals surface area contributed by atoms with Crippen molar-refractivity contribution >= 4 is 11.6 Å². The molecular weight excluding hydrogens is 343 g/mol. The van der Waals surface area contributed by atoms with E-state index in [1.165, 1.54) is 30.7 Å². The molecule has 1 aromatic carbocycles. The Hall–Kier alpha value is -2.73. The molecule has 3 heterocycles. The first kappa shape index (κ1) is 17.7. The number of halogens is 1. The topological polar surface area (TPSA) is 49.6 Å². The fraction of sp³-hybridized carbons (Fsp3) is 0.333. The molecule has 1 aliphatic rings. The fourth-order valence-electron chi connectivity index (χ4n) is 3.73. The van der Waals surface area contributed by atoms with E-state index in [1.54, 1.807) is 16.7 Å². The van der Waals surface area contributed by atoms with Gasteiger partial charge in [-0.2, -0.15) is 0 Å². The molecule has 4 rings (SSSR count). The number of amides is 1. The number of pyridine rings is 1. The zero-order valence-electron chi connectivity index (χ0n) is 15.1. The molecular formula is C21H23FN4O. The van der Waals surface area contributed by atoms with Gasteiger partial charge in [-0.25, -0.2) is 9.37 Å². The number of carbonyl (C=O) groups is 1. The van der Waals surface area contributed by atoms with E-state index in [2.05, 4.69) is 27.3 Å². The molecule has 6 heteroatoms. The molecule has 1 unspecified atom stereocenters. The van der Waals surface area contributed by atoms with Gasteiger partial charge in [-0.15, -0.1) is 0 Å². The second-order valence-corrected chi connectivity index (χ2v) is 7.00. The molecule has 0 bridgehead atoms. The van der Waals surface area contributed by atoms with E-state index in [0.717, 1.165) is 13.1 Å². The molecule has 0 aliphatic carbocycles. The van der Waals surface area contributed by atoms with Gasteiger partial charge < -0.3 is 9.72 Å². The van der Waals surface area contributed by atoms with Crippen LogP contribution in [0.4, 0.5) is 4.39 Å². The van der Waals surface area contributed by atoms with Crippen LogP contribution in [0.25, 0.3) is 5.65 Å². The average Bonchev–Trinajstić information content (AvgIpc) is 3.32. The number of hydrogen-bond acceptors (Lipinski definition) is 3. The molecule has 27 heavy (non-hydrogen) atoms. The maximum Gasteiger partial charge on any atom is 0.226 e. The Morgan fingerprint density at radius 1 is 1.11 bits per heavy atom. The smallest absolute Gasteiger partial charge is 0.226 e. The molecule has 1 aliphatic heterocycles. The Bertz CT molecular complexity index is 918. The van der Waals surface area contributed by atoms with Crippen LogP contribution in [0.3, 0.4) is 0 Å². The van der Waals surface area contributed by atoms with E-state index >= 15 is 0 Å². The van der Waals surface area contributed by atoms with Gasteiger partial charge in [-0.1, -0.05) is 30.3 Å². The number of nitrogens with one attached hydrogen (secondary N) is 1. The van der Waals surface area contributed by atoms with Crippen LogP contribution in [-0.2, 0) is 11.2 Å². The lowest BCUT2D eigenvalue weighted by Crippen LogP contribution is -2.37. The predicted octanol–water partition coefficient (Wildman–Crippen LogP) is 2.97. The first-order chi connectivity index (χ1) is 13.2. The molecule has 2 aromatic heterocycles. The third-order valence-electron chi connectivity index (χ3n) is 5.06. The van der Waals surface area contributed by atoms with Gasteiger partial charge in [0, 0.05) is 18.9 Å². The lowest BCUT2D eigenvalue weighted by Gasteiger charge is -2.28. The summed E-state index contributed by atoms with van der Waals surface area (Å²) >= 11 is 0. The lowest BCUT2D eigenvalue weighted by atomic mass is 10.1. The van der Waals surface area contributed by atoms with Crippen molar-refractivity contribution in [3.05, 3.63) is 71.9 Å². The minimum atomic E-state index is -0.327. The minimum absolute atomic E-state index is 0.0704. The molecule has 0 saturated carbocycles. The summed E-state index contributed by atoms with van der Waals surface area (Å²) in [6, 6.07) is 13.5. The lowest BCUT2D eigenvalue weighted by molar-refractivity contribution is -0.120. The van der Waals surface area contributed by atoms with Crippen LogP contribution in [-0.4, -0.2) is 39.8 Å². The number of imidazole rings is 1. The maximum atomic E-state index is 13.3. The first-order valence-electron chi connectivity index (χ1n) is 9.38. The summed E-state index contributed by atoms with van der Waals surface area (Å²) in [5.74, 6) is -0.397. The molecule has 5 nitrogen and oxygen atoms in total. The van der Waals surface area contributed by atoms with Crippen molar-refractivity contribution in [2.45, 2.75) is 25.3 Å². The molecule has 3 aromatic rings. The Kier molecular flexibility index (Phi) is 5.16. The zero-order valence-corrected chi connectivity index (χ0v) is 15.1. The van der Waals surface area contributed by atoms with E-state index in [0.29, 0.717) is 17.9 Å². The quantitative estimate of drug-likeness (QED) is 0.730. The Morgan fingerprint density at radius 2 is 1.89 bits per heavy atom. The van der Waals surface area contributed by atoms with Crippen molar-refractivity contribution in [2.75, 3.05) is 19.6 Å². The van der Waals surface area contributed by atoms with Crippen molar-refractivity contribution < 1.29 is 9.18 Å². The monoisotopic (exact) mass is 366 g/mol. The number of likely N-dealkylation sites (tertiary alicyclic amines) is 1. The Morgan fingerprint density at radius 3 is 2.67 bits per heavy atom. The van der Waals surface area contributed by atoms with Gasteiger partial charge in [-0.3, -0.25) is 9.69 Å². The highest BCUT2D eigenvalue weighted by atomic mass is 19.1. The van der Waals surface area contributed by atoms with Gasteiger partial charge in [0.25, 0.3) is 0 Å². The molecule has 1 N–H and O–H groups in total. The first-order valence-corrected chi connectivity index (χ1v) is 9.38. The van der Waals surface area contributed by atoms with Gasteiger partial charge in [0.1, 0.15) is 11.5 Å². The number of aromatic nitrogens is 2. The second-order valence-electron chi connectivity index (χ2n) is 7.00. The summed E-state index contributed by atoms with van der Waals surface area (Å²) in [5, 5.41) is 3.06. The summed E-state index contributed by atoms with van der Waals surface area (Å²) in [6.45, 7) is 2.70. The van der Waals surface area contributed by atoms with Gasteiger partial charge in [0.05, 0.1) is 18.2 Å². The summed E-state index contributed by atoms with van der Waals surface area (Å²) in [6.07, 6.45) is 5.66. The molecule has 1 saturated heterocycles. The van der Waals surface area contributed by atoms with Gasteiger partial charge >= 0.3 is 0 Å². The van der Waals surface area contributed by atoms with Crippen LogP contribution in [0.2, 0.25) is 0 Å². The SMILES string of the molecule is O=C(Cc1cn2cc(F)ccc2n1)NCC(c1ccccc1)N1CCCC1. The van der Waals surface area contributed by atoms with Crippen LogP contribution in [0.15, 0.2) is 54.9 Å². The summed E-state index contributed by atoms with van der Waals surface area (Å²) in [5.41, 5.74) is 2.50. The molecule has 0 spiro atoms. The van der Waals surface area contributed by atoms with Crippen molar-refractivity contribution in [2.24, 2.45) is 0 Å². The summed E-state index contributed by atoms with van der Waals surface area (Å²) < 4.78 is 14.9.